The number of nitrogens with one attached hydrogen (secondary N) is 1. The molecule has 0 unspecified atom stereocenters. The zero-order valence-electron chi connectivity index (χ0n) is 13.5. The number of nitrogens with zero attached hydrogens (tertiary/aromatic N) is 4. The molecule has 1 N–H and O–H groups in total. The third kappa shape index (κ3) is 3.51. The van der Waals surface area contributed by atoms with Crippen LogP contribution in [-0.4, -0.2) is 26.1 Å². The van der Waals surface area contributed by atoms with Gasteiger partial charge in [0.05, 0.1) is 19.3 Å². The molecule has 25 heavy (non-hydrogen) atoms. The number of fused-ring (bicyclic) bond motifs is 1. The maximum atomic E-state index is 12.4. The minimum absolute atomic E-state index is 0.360. The van der Waals surface area contributed by atoms with Gasteiger partial charge in [-0.15, -0.1) is 5.10 Å². The highest BCUT2D eigenvalue weighted by Crippen LogP contribution is 2.20. The Morgan fingerprint density at radius 1 is 1.08 bits per heavy atom. The van der Waals surface area contributed by atoms with Gasteiger partial charge >= 0.3 is 6.03 Å². The first-order valence-electron chi connectivity index (χ1n) is 8.00. The molecule has 7 nitrogen and oxygen atoms in total. The van der Waals surface area contributed by atoms with Crippen LogP contribution in [0, 0.1) is 0 Å². The Balaban J connectivity index is 1.39. The Kier molecular flexibility index (Phi) is 4.14. The second-order valence-corrected chi connectivity index (χ2v) is 5.80. The topological polar surface area (TPSA) is 72.3 Å². The van der Waals surface area contributed by atoms with Crippen molar-refractivity contribution in [2.24, 2.45) is 0 Å². The van der Waals surface area contributed by atoms with Gasteiger partial charge in [0, 0.05) is 0 Å². The van der Waals surface area contributed by atoms with Crippen molar-refractivity contribution in [3.05, 3.63) is 77.5 Å². The average molecular weight is 335 g/mol. The number of benzene rings is 2. The van der Waals surface area contributed by atoms with E-state index >= 15 is 0 Å². The molecule has 0 spiro atoms. The molecular weight excluding hydrogens is 318 g/mol. The molecule has 4 rings (SSSR count). The Hall–Kier alpha value is -3.19. The number of carbonyl (C=O) groups excluding carboxylic acids is 1. The van der Waals surface area contributed by atoms with Gasteiger partial charge in [-0.25, -0.2) is 9.48 Å². The van der Waals surface area contributed by atoms with E-state index in [1.54, 1.807) is 10.9 Å². The van der Waals surface area contributed by atoms with E-state index in [1.165, 1.54) is 5.06 Å². The lowest BCUT2D eigenvalue weighted by atomic mass is 10.1. The van der Waals surface area contributed by atoms with E-state index in [4.69, 9.17) is 4.84 Å². The number of aromatic nitrogens is 3. The summed E-state index contributed by atoms with van der Waals surface area (Å²) in [6, 6.07) is 17.5. The van der Waals surface area contributed by atoms with E-state index in [1.807, 2.05) is 54.6 Å². The van der Waals surface area contributed by atoms with Crippen molar-refractivity contribution in [1.29, 1.82) is 0 Å². The molecule has 1 aliphatic rings. The van der Waals surface area contributed by atoms with Crippen LogP contribution >= 0.6 is 0 Å². The fourth-order valence-corrected chi connectivity index (χ4v) is 2.71. The van der Waals surface area contributed by atoms with Crippen molar-refractivity contribution in [2.45, 2.75) is 19.7 Å². The van der Waals surface area contributed by atoms with Gasteiger partial charge in [-0.1, -0.05) is 59.8 Å². The monoisotopic (exact) mass is 335 g/mol. The number of carbonyl (C=O) groups is 1. The fourth-order valence-electron chi connectivity index (χ4n) is 2.71. The summed E-state index contributed by atoms with van der Waals surface area (Å²) in [4.78, 5) is 17.9. The summed E-state index contributed by atoms with van der Waals surface area (Å²) in [5, 5.41) is 12.0. The molecule has 0 bridgehead atoms. The molecular formula is C18H17N5O2. The fraction of sp³-hybridized carbons (Fsp3) is 0.167. The molecule has 0 atom stereocenters. The third-order valence-corrected chi connectivity index (χ3v) is 4.00. The molecule has 7 heteroatoms. The molecule has 0 aliphatic carbocycles. The first-order chi connectivity index (χ1) is 12.3. The normalized spacial score (nSPS) is 13.4. The number of hydrogen-bond donors (Lipinski definition) is 1. The van der Waals surface area contributed by atoms with Gasteiger partial charge in [-0.3, -0.25) is 10.2 Å². The average Bonchev–Trinajstić information content (AvgIpc) is 3.09. The van der Waals surface area contributed by atoms with Crippen LogP contribution in [0.25, 0.3) is 0 Å². The van der Waals surface area contributed by atoms with Crippen molar-refractivity contribution in [3.63, 3.8) is 0 Å². The van der Waals surface area contributed by atoms with Gasteiger partial charge in [0.1, 0.15) is 6.61 Å². The second kappa shape index (κ2) is 6.74. The van der Waals surface area contributed by atoms with Crippen LogP contribution in [0.2, 0.25) is 0 Å². The van der Waals surface area contributed by atoms with Gasteiger partial charge in [0.25, 0.3) is 0 Å². The zero-order valence-corrected chi connectivity index (χ0v) is 13.5. The summed E-state index contributed by atoms with van der Waals surface area (Å²) >= 11 is 0. The van der Waals surface area contributed by atoms with Crippen LogP contribution in [0.3, 0.4) is 0 Å². The Morgan fingerprint density at radius 3 is 2.68 bits per heavy atom. The third-order valence-electron chi connectivity index (χ3n) is 4.00. The lowest BCUT2D eigenvalue weighted by Crippen LogP contribution is -2.37. The number of amides is 2. The van der Waals surface area contributed by atoms with Gasteiger partial charge < -0.3 is 0 Å². The molecule has 2 aromatic carbocycles. The van der Waals surface area contributed by atoms with E-state index in [0.29, 0.717) is 25.5 Å². The van der Waals surface area contributed by atoms with Crippen LogP contribution in [0.5, 0.6) is 0 Å². The van der Waals surface area contributed by atoms with Crippen molar-refractivity contribution in [2.75, 3.05) is 5.32 Å². The minimum atomic E-state index is -0.360. The van der Waals surface area contributed by atoms with Crippen LogP contribution in [0.4, 0.5) is 10.6 Å². The molecule has 3 aromatic rings. The largest absolute Gasteiger partial charge is 0.347 e. The van der Waals surface area contributed by atoms with Crippen molar-refractivity contribution in [3.8, 4) is 0 Å². The molecule has 0 saturated heterocycles. The van der Waals surface area contributed by atoms with E-state index in [2.05, 4.69) is 15.6 Å². The first kappa shape index (κ1) is 15.3. The van der Waals surface area contributed by atoms with E-state index < -0.39 is 0 Å². The number of anilines is 1. The summed E-state index contributed by atoms with van der Waals surface area (Å²) < 4.78 is 1.68. The summed E-state index contributed by atoms with van der Waals surface area (Å²) in [5.74, 6) is 0.392. The van der Waals surface area contributed by atoms with Crippen molar-refractivity contribution in [1.82, 2.24) is 20.1 Å². The second-order valence-electron chi connectivity index (χ2n) is 5.80. The molecule has 2 amide bonds. The maximum Gasteiger partial charge on any atom is 0.347 e. The lowest BCUT2D eigenvalue weighted by molar-refractivity contribution is -0.141. The number of hydrogen-bond acceptors (Lipinski definition) is 4. The molecule has 1 aromatic heterocycles. The number of hydroxylamine groups is 2. The van der Waals surface area contributed by atoms with Gasteiger partial charge in [0.2, 0.25) is 0 Å². The highest BCUT2D eigenvalue weighted by Gasteiger charge is 2.22. The maximum absolute atomic E-state index is 12.4. The van der Waals surface area contributed by atoms with E-state index in [0.717, 1.165) is 16.7 Å². The Bertz CT molecular complexity index is 878. The summed E-state index contributed by atoms with van der Waals surface area (Å²) in [6.45, 7) is 1.38. The molecule has 2 heterocycles. The molecule has 0 fully saturated rings. The van der Waals surface area contributed by atoms with Crippen molar-refractivity contribution >= 4 is 11.8 Å². The standard InChI is InChI=1S/C18H17N5O2/c24-18(23-11-15-8-4-5-9-16(15)13-25-23)19-17-12-22(21-20-17)10-14-6-2-1-3-7-14/h1-9,12H,10-11,13H2,(H,19,24). The van der Waals surface area contributed by atoms with E-state index in [-0.39, 0.29) is 6.03 Å². The van der Waals surface area contributed by atoms with E-state index in [9.17, 15) is 4.79 Å². The van der Waals surface area contributed by atoms with Gasteiger partial charge in [0.15, 0.2) is 5.82 Å². The number of urea groups is 1. The molecule has 1 aliphatic heterocycles. The summed E-state index contributed by atoms with van der Waals surface area (Å²) in [7, 11) is 0. The SMILES string of the molecule is O=C(Nc1cn(Cc2ccccc2)nn1)N1Cc2ccccc2CO1. The molecule has 0 saturated carbocycles. The molecule has 126 valence electrons. The zero-order chi connectivity index (χ0) is 17.1. The smallest absolute Gasteiger partial charge is 0.288 e. The lowest BCUT2D eigenvalue weighted by Gasteiger charge is -2.27. The van der Waals surface area contributed by atoms with Crippen LogP contribution in [-0.2, 0) is 24.5 Å². The summed E-state index contributed by atoms with van der Waals surface area (Å²) in [6.07, 6.45) is 1.70. The van der Waals surface area contributed by atoms with Gasteiger partial charge in [-0.05, 0) is 16.7 Å². The Labute approximate surface area is 144 Å². The predicted octanol–water partition coefficient (Wildman–Crippen LogP) is 2.81. The van der Waals surface area contributed by atoms with Crippen LogP contribution < -0.4 is 5.32 Å². The Morgan fingerprint density at radius 2 is 1.84 bits per heavy atom. The first-order valence-corrected chi connectivity index (χ1v) is 8.00. The highest BCUT2D eigenvalue weighted by atomic mass is 16.7. The minimum Gasteiger partial charge on any atom is -0.288 e. The van der Waals surface area contributed by atoms with Gasteiger partial charge in [-0.2, -0.15) is 5.06 Å². The van der Waals surface area contributed by atoms with Crippen LogP contribution in [0.1, 0.15) is 16.7 Å². The van der Waals surface area contributed by atoms with Crippen LogP contribution in [0.15, 0.2) is 60.8 Å². The predicted molar refractivity (Wildman–Crippen MR) is 91.4 cm³/mol. The number of rotatable bonds is 3. The highest BCUT2D eigenvalue weighted by molar-refractivity contribution is 5.87. The quantitative estimate of drug-likeness (QED) is 0.799. The molecule has 0 radical (unpaired) electrons. The summed E-state index contributed by atoms with van der Waals surface area (Å²) in [5.41, 5.74) is 3.29. The van der Waals surface area contributed by atoms with Crippen molar-refractivity contribution < 1.29 is 9.63 Å².